The Hall–Kier alpha value is -2.60. The number of azo groups is 1. The Morgan fingerprint density at radius 3 is 2.12 bits per heavy atom. The molecule has 2 rings (SSSR count). The first-order valence-electron chi connectivity index (χ1n) is 7.72. The van der Waals surface area contributed by atoms with E-state index in [9.17, 15) is 4.79 Å². The summed E-state index contributed by atoms with van der Waals surface area (Å²) >= 11 is 5.26. The molecule has 0 atom stereocenters. The van der Waals surface area contributed by atoms with Gasteiger partial charge in [-0.05, 0) is 55.7 Å². The second-order valence-electron chi connectivity index (χ2n) is 5.23. The van der Waals surface area contributed by atoms with Crippen LogP contribution < -0.4 is 5.32 Å². The lowest BCUT2D eigenvalue weighted by Gasteiger charge is -2.07. The number of hydrogen-bond acceptors (Lipinski definition) is 4. The number of carboxylic acid groups (broad SMARTS) is 1. The van der Waals surface area contributed by atoms with Gasteiger partial charge in [0.2, 0.25) is 0 Å². The highest BCUT2D eigenvalue weighted by molar-refractivity contribution is 7.80. The van der Waals surface area contributed by atoms with Gasteiger partial charge in [-0.25, -0.2) is 0 Å². The monoisotopic (exact) mass is 341 g/mol. The van der Waals surface area contributed by atoms with Crippen LogP contribution in [0, 0.1) is 0 Å². The van der Waals surface area contributed by atoms with Gasteiger partial charge in [-0.15, -0.1) is 0 Å². The largest absolute Gasteiger partial charge is 0.481 e. The highest BCUT2D eigenvalue weighted by Crippen LogP contribution is 2.20. The molecule has 2 N–H and O–H groups in total. The minimum Gasteiger partial charge on any atom is -0.481 e. The summed E-state index contributed by atoms with van der Waals surface area (Å²) in [5.74, 6) is -0.769. The van der Waals surface area contributed by atoms with Gasteiger partial charge in [0.1, 0.15) is 0 Å². The zero-order valence-electron chi connectivity index (χ0n) is 13.2. The number of carbonyl (C=O) groups is 1. The summed E-state index contributed by atoms with van der Waals surface area (Å²) in [5, 5.41) is 20.1. The molecule has 0 aromatic heterocycles. The van der Waals surface area contributed by atoms with E-state index >= 15 is 0 Å². The molecule has 0 saturated carbocycles. The van der Waals surface area contributed by atoms with Crippen molar-refractivity contribution in [2.45, 2.75) is 25.7 Å². The van der Waals surface area contributed by atoms with E-state index < -0.39 is 5.97 Å². The van der Waals surface area contributed by atoms with Gasteiger partial charge >= 0.3 is 5.97 Å². The molecule has 0 bridgehead atoms. The van der Waals surface area contributed by atoms with Crippen LogP contribution in [0.25, 0.3) is 0 Å². The number of benzene rings is 2. The Bertz CT molecular complexity index is 700. The predicted octanol–water partition coefficient (Wildman–Crippen LogP) is 5.49. The highest BCUT2D eigenvalue weighted by atomic mass is 32.1. The van der Waals surface area contributed by atoms with E-state index in [1.165, 1.54) is 0 Å². The smallest absolute Gasteiger partial charge is 0.303 e. The first-order valence-corrected chi connectivity index (χ1v) is 8.13. The average Bonchev–Trinajstić information content (AvgIpc) is 2.59. The molecule has 2 aromatic carbocycles. The quantitative estimate of drug-likeness (QED) is 0.378. The Labute approximate surface area is 146 Å². The molecule has 24 heavy (non-hydrogen) atoms. The van der Waals surface area contributed by atoms with Crippen LogP contribution in [0.5, 0.6) is 0 Å². The van der Waals surface area contributed by atoms with E-state index in [0.29, 0.717) is 17.8 Å². The summed E-state index contributed by atoms with van der Waals surface area (Å²) in [6.45, 7) is 0. The number of rotatable bonds is 8. The van der Waals surface area contributed by atoms with E-state index in [0.717, 1.165) is 23.5 Å². The van der Waals surface area contributed by atoms with E-state index in [2.05, 4.69) is 15.5 Å². The molecule has 0 unspecified atom stereocenters. The Balaban J connectivity index is 1.80. The summed E-state index contributed by atoms with van der Waals surface area (Å²) < 4.78 is 0. The van der Waals surface area contributed by atoms with E-state index in [4.69, 9.17) is 17.3 Å². The number of nitrogens with one attached hydrogen (secondary N) is 1. The number of aliphatic carboxylic acids is 1. The van der Waals surface area contributed by atoms with Crippen LogP contribution in [0.15, 0.2) is 64.8 Å². The summed E-state index contributed by atoms with van der Waals surface area (Å²) in [6.07, 6.45) is 2.26. The molecule has 5 nitrogen and oxygen atoms in total. The number of nitrogens with zero attached hydrogens (tertiary/aromatic N) is 2. The summed E-state index contributed by atoms with van der Waals surface area (Å²) in [4.78, 5) is 11.2. The molecule has 0 radical (unpaired) electrons. The fourth-order valence-electron chi connectivity index (χ4n) is 2.01. The molecule has 124 valence electrons. The molecule has 2 aromatic rings. The average molecular weight is 341 g/mol. The van der Waals surface area contributed by atoms with Crippen LogP contribution in [0.3, 0.4) is 0 Å². The summed E-state index contributed by atoms with van der Waals surface area (Å²) in [5.41, 5.74) is 2.45. The fraction of sp³-hybridized carbons (Fsp3) is 0.222. The molecule has 0 aliphatic rings. The van der Waals surface area contributed by atoms with Crippen molar-refractivity contribution in [3.05, 3.63) is 54.6 Å². The minimum atomic E-state index is -0.769. The van der Waals surface area contributed by atoms with Gasteiger partial charge < -0.3 is 10.4 Å². The summed E-state index contributed by atoms with van der Waals surface area (Å²) in [6, 6.07) is 17.1. The maximum atomic E-state index is 10.4. The van der Waals surface area contributed by atoms with Crippen LogP contribution in [0.1, 0.15) is 25.7 Å². The molecule has 0 fully saturated rings. The van der Waals surface area contributed by atoms with Crippen molar-refractivity contribution in [1.29, 1.82) is 0 Å². The van der Waals surface area contributed by atoms with Crippen LogP contribution in [0.2, 0.25) is 0 Å². The Morgan fingerprint density at radius 2 is 1.50 bits per heavy atom. The van der Waals surface area contributed by atoms with Gasteiger partial charge in [0.25, 0.3) is 0 Å². The number of hydrogen-bond donors (Lipinski definition) is 2. The number of anilines is 1. The normalized spacial score (nSPS) is 10.7. The molecule has 0 heterocycles. The first kappa shape index (κ1) is 17.7. The number of carboxylic acids is 1. The lowest BCUT2D eigenvalue weighted by Crippen LogP contribution is -2.08. The molecule has 0 saturated heterocycles. The zero-order chi connectivity index (χ0) is 17.2. The van der Waals surface area contributed by atoms with Gasteiger partial charge in [0.05, 0.1) is 16.4 Å². The van der Waals surface area contributed by atoms with Gasteiger partial charge in [-0.1, -0.05) is 30.4 Å². The first-order chi connectivity index (χ1) is 11.6. The lowest BCUT2D eigenvalue weighted by molar-refractivity contribution is -0.137. The van der Waals surface area contributed by atoms with E-state index in [-0.39, 0.29) is 6.42 Å². The molecule has 0 amide bonds. The second-order valence-corrected chi connectivity index (χ2v) is 5.72. The van der Waals surface area contributed by atoms with Crippen molar-refractivity contribution >= 4 is 40.2 Å². The molecule has 0 aliphatic carbocycles. The van der Waals surface area contributed by atoms with Crippen LogP contribution in [-0.4, -0.2) is 16.1 Å². The third kappa shape index (κ3) is 6.66. The maximum Gasteiger partial charge on any atom is 0.303 e. The molecule has 0 aliphatic heterocycles. The maximum absolute atomic E-state index is 10.4. The van der Waals surface area contributed by atoms with Crippen molar-refractivity contribution in [2.75, 3.05) is 5.32 Å². The fourth-order valence-corrected chi connectivity index (χ4v) is 2.27. The van der Waals surface area contributed by atoms with Gasteiger partial charge in [-0.2, -0.15) is 10.2 Å². The number of unbranched alkanes of at least 4 members (excludes halogenated alkanes) is 1. The van der Waals surface area contributed by atoms with Crippen molar-refractivity contribution in [3.63, 3.8) is 0 Å². The Kier molecular flexibility index (Phi) is 7.04. The van der Waals surface area contributed by atoms with Gasteiger partial charge in [0, 0.05) is 12.1 Å². The van der Waals surface area contributed by atoms with Crippen LogP contribution >= 0.6 is 12.2 Å². The topological polar surface area (TPSA) is 74.0 Å². The third-order valence-corrected chi connectivity index (χ3v) is 3.54. The molecule has 0 spiro atoms. The SMILES string of the molecule is O=C(O)CCCCC(=S)Nc1ccc(N=Nc2ccccc2)cc1. The minimum absolute atomic E-state index is 0.184. The highest BCUT2D eigenvalue weighted by Gasteiger charge is 2.01. The van der Waals surface area contributed by atoms with E-state index in [1.54, 1.807) is 0 Å². The standard InChI is InChI=1S/C18H19N3O2S/c22-18(23)9-5-4-8-17(24)19-14-10-12-16(13-11-14)21-20-15-6-2-1-3-7-15/h1-3,6-7,10-13H,4-5,8-9H2,(H,19,24)(H,22,23). The lowest BCUT2D eigenvalue weighted by atomic mass is 10.2. The second kappa shape index (κ2) is 9.52. The third-order valence-electron chi connectivity index (χ3n) is 3.23. The number of thiocarbonyl (C=S) groups is 1. The van der Waals surface area contributed by atoms with Crippen LogP contribution in [0.4, 0.5) is 17.1 Å². The Morgan fingerprint density at radius 1 is 0.917 bits per heavy atom. The predicted molar refractivity (Wildman–Crippen MR) is 99.4 cm³/mol. The van der Waals surface area contributed by atoms with Crippen LogP contribution in [-0.2, 0) is 4.79 Å². The van der Waals surface area contributed by atoms with Crippen molar-refractivity contribution in [1.82, 2.24) is 0 Å². The van der Waals surface area contributed by atoms with Crippen molar-refractivity contribution in [3.8, 4) is 0 Å². The van der Waals surface area contributed by atoms with Gasteiger partial charge in [-0.3, -0.25) is 4.79 Å². The van der Waals surface area contributed by atoms with Crippen molar-refractivity contribution in [2.24, 2.45) is 10.2 Å². The molecule has 6 heteroatoms. The zero-order valence-corrected chi connectivity index (χ0v) is 14.0. The van der Waals surface area contributed by atoms with E-state index in [1.807, 2.05) is 54.6 Å². The summed E-state index contributed by atoms with van der Waals surface area (Å²) in [7, 11) is 0. The van der Waals surface area contributed by atoms with Crippen molar-refractivity contribution < 1.29 is 9.90 Å². The van der Waals surface area contributed by atoms with Gasteiger partial charge in [0.15, 0.2) is 0 Å². The molecular formula is C18H19N3O2S. The molecular weight excluding hydrogens is 322 g/mol.